The molecule has 1 atom stereocenters. The Balaban J connectivity index is 2.84. The lowest BCUT2D eigenvalue weighted by Crippen LogP contribution is -2.42. The van der Waals surface area contributed by atoms with E-state index in [1.807, 2.05) is 0 Å². The average Bonchev–Trinajstić information content (AvgIpc) is 2.61. The van der Waals surface area contributed by atoms with Crippen molar-refractivity contribution >= 4 is 11.9 Å². The number of hydrogen-bond donors (Lipinski definition) is 1. The van der Waals surface area contributed by atoms with Crippen molar-refractivity contribution in [2.75, 3.05) is 13.1 Å². The molecule has 96 valence electrons. The van der Waals surface area contributed by atoms with Crippen LogP contribution in [0, 0.1) is 5.41 Å². The predicted molar refractivity (Wildman–Crippen MR) is 52.1 cm³/mol. The van der Waals surface area contributed by atoms with Crippen molar-refractivity contribution in [3.63, 3.8) is 0 Å². The molecule has 1 aliphatic rings. The van der Waals surface area contributed by atoms with Crippen LogP contribution in [0.5, 0.6) is 0 Å². The van der Waals surface area contributed by atoms with Crippen molar-refractivity contribution < 1.29 is 27.9 Å². The molecular formula is C10H12F3NO3. The van der Waals surface area contributed by atoms with E-state index in [1.54, 1.807) is 0 Å². The van der Waals surface area contributed by atoms with E-state index in [1.165, 1.54) is 6.08 Å². The van der Waals surface area contributed by atoms with Gasteiger partial charge in [0.2, 0.25) is 0 Å². The highest BCUT2D eigenvalue weighted by Crippen LogP contribution is 2.36. The van der Waals surface area contributed by atoms with Crippen LogP contribution in [-0.2, 0) is 9.59 Å². The number of hydrogen-bond acceptors (Lipinski definition) is 2. The number of nitrogens with zero attached hydrogens (tertiary/aromatic N) is 1. The van der Waals surface area contributed by atoms with E-state index in [4.69, 9.17) is 5.11 Å². The lowest BCUT2D eigenvalue weighted by atomic mass is 9.84. The van der Waals surface area contributed by atoms with E-state index in [-0.39, 0.29) is 19.4 Å². The largest absolute Gasteiger partial charge is 0.481 e. The zero-order valence-electron chi connectivity index (χ0n) is 8.96. The third kappa shape index (κ3) is 2.59. The lowest BCUT2D eigenvalue weighted by Gasteiger charge is -2.23. The van der Waals surface area contributed by atoms with Gasteiger partial charge in [-0.25, -0.2) is 0 Å². The zero-order chi connectivity index (χ0) is 13.3. The Morgan fingerprint density at radius 1 is 1.47 bits per heavy atom. The van der Waals surface area contributed by atoms with Gasteiger partial charge < -0.3 is 10.0 Å². The molecule has 1 fully saturated rings. The molecule has 1 aliphatic heterocycles. The van der Waals surface area contributed by atoms with Gasteiger partial charge in [0, 0.05) is 13.1 Å². The maximum atomic E-state index is 12.2. The molecule has 1 heterocycles. The van der Waals surface area contributed by atoms with Gasteiger partial charge in [-0.05, 0) is 12.8 Å². The third-order valence-corrected chi connectivity index (χ3v) is 2.87. The van der Waals surface area contributed by atoms with Crippen molar-refractivity contribution in [3.05, 3.63) is 12.7 Å². The Bertz CT molecular complexity index is 353. The van der Waals surface area contributed by atoms with Crippen LogP contribution in [0.4, 0.5) is 13.2 Å². The highest BCUT2D eigenvalue weighted by molar-refractivity contribution is 5.84. The van der Waals surface area contributed by atoms with Gasteiger partial charge in [0.25, 0.3) is 0 Å². The van der Waals surface area contributed by atoms with Crippen LogP contribution in [-0.4, -0.2) is 41.1 Å². The molecule has 17 heavy (non-hydrogen) atoms. The van der Waals surface area contributed by atoms with E-state index in [0.717, 1.165) is 0 Å². The maximum absolute atomic E-state index is 12.2. The van der Waals surface area contributed by atoms with Gasteiger partial charge in [0.05, 0.1) is 5.41 Å². The van der Waals surface area contributed by atoms with E-state index in [2.05, 4.69) is 6.58 Å². The molecule has 0 aliphatic carbocycles. The average molecular weight is 251 g/mol. The van der Waals surface area contributed by atoms with Gasteiger partial charge in [-0.1, -0.05) is 6.08 Å². The molecule has 4 nitrogen and oxygen atoms in total. The molecule has 0 saturated carbocycles. The minimum Gasteiger partial charge on any atom is -0.481 e. The first-order valence-electron chi connectivity index (χ1n) is 4.93. The number of halogens is 3. The molecule has 0 radical (unpaired) electrons. The standard InChI is InChI=1S/C10H12F3NO3/c1-2-3-9(8(16)17)4-5-14(6-9)7(15)10(11,12)13/h2H,1,3-6H2,(H,16,17). The van der Waals surface area contributed by atoms with E-state index in [9.17, 15) is 22.8 Å². The van der Waals surface area contributed by atoms with Crippen LogP contribution in [0.3, 0.4) is 0 Å². The molecule has 1 amide bonds. The second-order valence-electron chi connectivity index (χ2n) is 4.05. The molecule has 1 rings (SSSR count). The number of carbonyl (C=O) groups is 2. The van der Waals surface area contributed by atoms with Gasteiger partial charge in [-0.2, -0.15) is 13.2 Å². The van der Waals surface area contributed by atoms with Crippen molar-refractivity contribution in [2.24, 2.45) is 5.41 Å². The summed E-state index contributed by atoms with van der Waals surface area (Å²) < 4.78 is 36.5. The third-order valence-electron chi connectivity index (χ3n) is 2.87. The number of rotatable bonds is 3. The van der Waals surface area contributed by atoms with Gasteiger partial charge in [-0.15, -0.1) is 6.58 Å². The van der Waals surface area contributed by atoms with Crippen LogP contribution in [0.25, 0.3) is 0 Å². The van der Waals surface area contributed by atoms with Crippen molar-refractivity contribution in [2.45, 2.75) is 19.0 Å². The number of allylic oxidation sites excluding steroid dienone is 1. The molecule has 7 heteroatoms. The summed E-state index contributed by atoms with van der Waals surface area (Å²) in [6, 6.07) is 0. The second kappa shape index (κ2) is 4.38. The summed E-state index contributed by atoms with van der Waals surface area (Å²) >= 11 is 0. The minimum absolute atomic E-state index is 0.0101. The summed E-state index contributed by atoms with van der Waals surface area (Å²) in [7, 11) is 0. The molecule has 1 N–H and O–H groups in total. The Hall–Kier alpha value is -1.53. The lowest BCUT2D eigenvalue weighted by molar-refractivity contribution is -0.185. The summed E-state index contributed by atoms with van der Waals surface area (Å²) in [6.07, 6.45) is -3.56. The van der Waals surface area contributed by atoms with Crippen molar-refractivity contribution in [1.82, 2.24) is 4.90 Å². The quantitative estimate of drug-likeness (QED) is 0.772. The molecule has 0 aromatic rings. The molecule has 1 saturated heterocycles. The highest BCUT2D eigenvalue weighted by atomic mass is 19.4. The monoisotopic (exact) mass is 251 g/mol. The second-order valence-corrected chi connectivity index (χ2v) is 4.05. The Labute approximate surface area is 95.7 Å². The number of alkyl halides is 3. The van der Waals surface area contributed by atoms with Crippen LogP contribution >= 0.6 is 0 Å². The van der Waals surface area contributed by atoms with Crippen LogP contribution < -0.4 is 0 Å². The topological polar surface area (TPSA) is 57.6 Å². The highest BCUT2D eigenvalue weighted by Gasteiger charge is 2.51. The van der Waals surface area contributed by atoms with Crippen LogP contribution in [0.15, 0.2) is 12.7 Å². The fourth-order valence-electron chi connectivity index (χ4n) is 1.93. The summed E-state index contributed by atoms with van der Waals surface area (Å²) in [6.45, 7) is 2.76. The van der Waals surface area contributed by atoms with Gasteiger partial charge in [0.1, 0.15) is 0 Å². The number of carboxylic acid groups (broad SMARTS) is 1. The van der Waals surface area contributed by atoms with E-state index >= 15 is 0 Å². The van der Waals surface area contributed by atoms with E-state index < -0.39 is 30.0 Å². The molecular weight excluding hydrogens is 239 g/mol. The van der Waals surface area contributed by atoms with Crippen LogP contribution in [0.2, 0.25) is 0 Å². The number of carboxylic acids is 1. The normalized spacial score (nSPS) is 24.8. The molecule has 0 aromatic heterocycles. The SMILES string of the molecule is C=CCC1(C(=O)O)CCN(C(=O)C(F)(F)F)C1. The summed E-state index contributed by atoms with van der Waals surface area (Å²) in [4.78, 5) is 22.6. The first-order chi connectivity index (χ1) is 7.73. The first kappa shape index (κ1) is 13.5. The molecule has 0 spiro atoms. The van der Waals surface area contributed by atoms with Crippen molar-refractivity contribution in [1.29, 1.82) is 0 Å². The summed E-state index contributed by atoms with van der Waals surface area (Å²) in [5, 5.41) is 9.03. The minimum atomic E-state index is -4.96. The van der Waals surface area contributed by atoms with Gasteiger partial charge in [-0.3, -0.25) is 9.59 Å². The first-order valence-corrected chi connectivity index (χ1v) is 4.93. The Morgan fingerprint density at radius 3 is 2.47 bits per heavy atom. The molecule has 0 bridgehead atoms. The molecule has 1 unspecified atom stereocenters. The van der Waals surface area contributed by atoms with Gasteiger partial charge in [0.15, 0.2) is 0 Å². The Morgan fingerprint density at radius 2 is 2.06 bits per heavy atom. The Kier molecular flexibility index (Phi) is 3.49. The number of carbonyl (C=O) groups excluding carboxylic acids is 1. The zero-order valence-corrected chi connectivity index (χ0v) is 8.96. The maximum Gasteiger partial charge on any atom is 0.471 e. The fraction of sp³-hybridized carbons (Fsp3) is 0.600. The predicted octanol–water partition coefficient (Wildman–Crippen LogP) is 1.43. The summed E-state index contributed by atoms with van der Waals surface area (Å²) in [5.41, 5.74) is -1.33. The summed E-state index contributed by atoms with van der Waals surface area (Å²) in [5.74, 6) is -3.18. The number of amides is 1. The van der Waals surface area contributed by atoms with Crippen molar-refractivity contribution in [3.8, 4) is 0 Å². The number of aliphatic carboxylic acids is 1. The number of likely N-dealkylation sites (tertiary alicyclic amines) is 1. The smallest absolute Gasteiger partial charge is 0.471 e. The van der Waals surface area contributed by atoms with E-state index in [0.29, 0.717) is 4.90 Å². The van der Waals surface area contributed by atoms with Gasteiger partial charge >= 0.3 is 18.1 Å². The molecule has 0 aromatic carbocycles. The fourth-order valence-corrected chi connectivity index (χ4v) is 1.93. The van der Waals surface area contributed by atoms with Crippen LogP contribution in [0.1, 0.15) is 12.8 Å².